The third-order valence-electron chi connectivity index (χ3n) is 3.50. The van der Waals surface area contributed by atoms with Gasteiger partial charge in [-0.25, -0.2) is 13.2 Å². The number of hydrogen-bond donors (Lipinski definition) is 2. The van der Waals surface area contributed by atoms with E-state index in [4.69, 9.17) is 11.6 Å². The van der Waals surface area contributed by atoms with E-state index in [1.54, 1.807) is 24.3 Å². The number of thiophene rings is 1. The number of fused-ring (bicyclic) bond motifs is 1. The minimum atomic E-state index is -4.06. The molecular formula is C16H12ClNO5S2. The van der Waals surface area contributed by atoms with Gasteiger partial charge in [-0.1, -0.05) is 35.9 Å². The molecule has 0 aliphatic heterocycles. The number of phenols is 1. The molecule has 0 aliphatic carbocycles. The standard InChI is InChI=1S/C16H12ClNO5S2/c1-23-16(20)15-13(6-7-24-15)25(21,22)18-12-8-11(17)14(19)10-5-3-2-4-9(10)12/h2-8,18-19H,1H3. The Morgan fingerprint density at radius 3 is 2.60 bits per heavy atom. The summed E-state index contributed by atoms with van der Waals surface area (Å²) in [5.74, 6) is -0.866. The van der Waals surface area contributed by atoms with Gasteiger partial charge in [0.25, 0.3) is 10.0 Å². The van der Waals surface area contributed by atoms with Crippen LogP contribution in [-0.4, -0.2) is 26.6 Å². The Balaban J connectivity index is 2.12. The fourth-order valence-corrected chi connectivity index (χ4v) is 4.98. The van der Waals surface area contributed by atoms with E-state index in [1.165, 1.54) is 24.6 Å². The van der Waals surface area contributed by atoms with Crippen LogP contribution in [0.15, 0.2) is 46.7 Å². The molecule has 0 bridgehead atoms. The Labute approximate surface area is 152 Å². The highest BCUT2D eigenvalue weighted by molar-refractivity contribution is 7.93. The number of aromatic hydroxyl groups is 1. The van der Waals surface area contributed by atoms with Gasteiger partial charge >= 0.3 is 5.97 Å². The molecule has 0 amide bonds. The van der Waals surface area contributed by atoms with Crippen LogP contribution in [0.25, 0.3) is 10.8 Å². The second-order valence-corrected chi connectivity index (χ2v) is 7.99. The maximum Gasteiger partial charge on any atom is 0.349 e. The number of benzene rings is 2. The summed E-state index contributed by atoms with van der Waals surface area (Å²) in [7, 11) is -2.88. The van der Waals surface area contributed by atoms with Gasteiger partial charge in [0.05, 0.1) is 17.8 Å². The molecule has 1 heterocycles. The number of halogens is 1. The summed E-state index contributed by atoms with van der Waals surface area (Å²) >= 11 is 6.96. The molecule has 1 aromatic heterocycles. The predicted octanol–water partition coefficient (Wildman–Crippen LogP) is 3.85. The number of hydrogen-bond acceptors (Lipinski definition) is 6. The highest BCUT2D eigenvalue weighted by Gasteiger charge is 2.25. The van der Waals surface area contributed by atoms with Crippen LogP contribution >= 0.6 is 22.9 Å². The molecule has 6 nitrogen and oxygen atoms in total. The number of sulfonamides is 1. The van der Waals surface area contributed by atoms with Gasteiger partial charge in [0.1, 0.15) is 15.5 Å². The number of esters is 1. The second kappa shape index (κ2) is 6.55. The normalized spacial score (nSPS) is 11.4. The zero-order valence-corrected chi connectivity index (χ0v) is 15.2. The van der Waals surface area contributed by atoms with Gasteiger partial charge in [0.2, 0.25) is 0 Å². The molecule has 0 fully saturated rings. The molecular weight excluding hydrogens is 386 g/mol. The van der Waals surface area contributed by atoms with E-state index in [1.807, 2.05) is 0 Å². The first-order valence-electron chi connectivity index (χ1n) is 6.94. The van der Waals surface area contributed by atoms with E-state index < -0.39 is 16.0 Å². The second-order valence-electron chi connectivity index (χ2n) is 5.01. The number of carbonyl (C=O) groups is 1. The van der Waals surface area contributed by atoms with E-state index in [-0.39, 0.29) is 26.2 Å². The van der Waals surface area contributed by atoms with Gasteiger partial charge in [0, 0.05) is 10.8 Å². The van der Waals surface area contributed by atoms with Crippen LogP contribution < -0.4 is 4.72 Å². The van der Waals surface area contributed by atoms with Gasteiger partial charge in [0.15, 0.2) is 0 Å². The van der Waals surface area contributed by atoms with Crippen molar-refractivity contribution >= 4 is 55.4 Å². The van der Waals surface area contributed by atoms with Crippen LogP contribution in [0.3, 0.4) is 0 Å². The summed E-state index contributed by atoms with van der Waals surface area (Å²) < 4.78 is 32.5. The molecule has 0 saturated carbocycles. The summed E-state index contributed by atoms with van der Waals surface area (Å²) in [5, 5.41) is 12.4. The maximum absolute atomic E-state index is 12.7. The van der Waals surface area contributed by atoms with E-state index in [0.29, 0.717) is 10.8 Å². The molecule has 9 heteroatoms. The van der Waals surface area contributed by atoms with Crippen molar-refractivity contribution in [2.45, 2.75) is 4.90 Å². The average molecular weight is 398 g/mol. The monoisotopic (exact) mass is 397 g/mol. The summed E-state index contributed by atoms with van der Waals surface area (Å²) in [5.41, 5.74) is 0.195. The highest BCUT2D eigenvalue weighted by Crippen LogP contribution is 2.38. The zero-order valence-electron chi connectivity index (χ0n) is 12.8. The van der Waals surface area contributed by atoms with Crippen molar-refractivity contribution in [3.8, 4) is 5.75 Å². The smallest absolute Gasteiger partial charge is 0.349 e. The maximum atomic E-state index is 12.7. The van der Waals surface area contributed by atoms with Crippen molar-refractivity contribution in [3.63, 3.8) is 0 Å². The van der Waals surface area contributed by atoms with Crippen molar-refractivity contribution in [1.29, 1.82) is 0 Å². The molecule has 2 aromatic carbocycles. The number of nitrogens with one attached hydrogen (secondary N) is 1. The largest absolute Gasteiger partial charge is 0.506 e. The zero-order chi connectivity index (χ0) is 18.2. The number of methoxy groups -OCH3 is 1. The van der Waals surface area contributed by atoms with Gasteiger partial charge in [-0.2, -0.15) is 0 Å². The van der Waals surface area contributed by atoms with Crippen LogP contribution in [0.2, 0.25) is 5.02 Å². The fraction of sp³-hybridized carbons (Fsp3) is 0.0625. The van der Waals surface area contributed by atoms with Gasteiger partial charge < -0.3 is 9.84 Å². The van der Waals surface area contributed by atoms with E-state index in [9.17, 15) is 18.3 Å². The third kappa shape index (κ3) is 3.15. The lowest BCUT2D eigenvalue weighted by Gasteiger charge is -2.13. The third-order valence-corrected chi connectivity index (χ3v) is 6.22. The summed E-state index contributed by atoms with van der Waals surface area (Å²) in [6.07, 6.45) is 0. The van der Waals surface area contributed by atoms with Crippen LogP contribution in [0.4, 0.5) is 5.69 Å². The number of phenolic OH excluding ortho intramolecular Hbond substituents is 1. The predicted molar refractivity (Wildman–Crippen MR) is 97.1 cm³/mol. The molecule has 0 spiro atoms. The lowest BCUT2D eigenvalue weighted by molar-refractivity contribution is 0.0602. The first kappa shape index (κ1) is 17.5. The average Bonchev–Trinajstić information content (AvgIpc) is 3.09. The Kier molecular flexibility index (Phi) is 4.59. The lowest BCUT2D eigenvalue weighted by Crippen LogP contribution is -2.16. The topological polar surface area (TPSA) is 92.7 Å². The Bertz CT molecular complexity index is 1080. The minimum absolute atomic E-state index is 0.00918. The lowest BCUT2D eigenvalue weighted by atomic mass is 10.1. The minimum Gasteiger partial charge on any atom is -0.506 e. The van der Waals surface area contributed by atoms with Crippen LogP contribution in [0, 0.1) is 0 Å². The van der Waals surface area contributed by atoms with Gasteiger partial charge in [-0.05, 0) is 17.5 Å². The van der Waals surface area contributed by atoms with Crippen LogP contribution in [0.5, 0.6) is 5.75 Å². The van der Waals surface area contributed by atoms with Crippen molar-refractivity contribution in [1.82, 2.24) is 0 Å². The Morgan fingerprint density at radius 1 is 1.24 bits per heavy atom. The quantitative estimate of drug-likeness (QED) is 0.515. The molecule has 0 radical (unpaired) electrons. The van der Waals surface area contributed by atoms with Gasteiger partial charge in [-0.3, -0.25) is 4.72 Å². The number of anilines is 1. The molecule has 0 unspecified atom stereocenters. The molecule has 0 saturated heterocycles. The van der Waals surface area contributed by atoms with E-state index >= 15 is 0 Å². The highest BCUT2D eigenvalue weighted by atomic mass is 35.5. The summed E-state index contributed by atoms with van der Waals surface area (Å²) in [4.78, 5) is 11.5. The van der Waals surface area contributed by atoms with E-state index in [2.05, 4.69) is 9.46 Å². The number of rotatable bonds is 4. The number of carbonyl (C=O) groups excluding carboxylic acids is 1. The molecule has 3 aromatic rings. The number of ether oxygens (including phenoxy) is 1. The van der Waals surface area contributed by atoms with Crippen molar-refractivity contribution in [2.24, 2.45) is 0 Å². The van der Waals surface area contributed by atoms with Crippen molar-refractivity contribution in [2.75, 3.05) is 11.8 Å². The van der Waals surface area contributed by atoms with Crippen molar-refractivity contribution < 1.29 is 23.1 Å². The molecule has 2 N–H and O–H groups in total. The Morgan fingerprint density at radius 2 is 1.92 bits per heavy atom. The van der Waals surface area contributed by atoms with Gasteiger partial charge in [-0.15, -0.1) is 11.3 Å². The first-order chi connectivity index (χ1) is 11.8. The van der Waals surface area contributed by atoms with E-state index in [0.717, 1.165) is 11.3 Å². The van der Waals surface area contributed by atoms with Crippen LogP contribution in [-0.2, 0) is 14.8 Å². The fourth-order valence-electron chi connectivity index (χ4n) is 2.36. The summed E-state index contributed by atoms with van der Waals surface area (Å²) in [6.45, 7) is 0. The molecule has 3 rings (SSSR count). The Hall–Kier alpha value is -2.29. The first-order valence-corrected chi connectivity index (χ1v) is 9.68. The summed E-state index contributed by atoms with van der Waals surface area (Å²) in [6, 6.07) is 9.32. The van der Waals surface area contributed by atoms with Crippen LogP contribution in [0.1, 0.15) is 9.67 Å². The molecule has 0 atom stereocenters. The molecule has 25 heavy (non-hydrogen) atoms. The van der Waals surface area contributed by atoms with Crippen molar-refractivity contribution in [3.05, 3.63) is 51.7 Å². The molecule has 0 aliphatic rings. The molecule has 130 valence electrons. The SMILES string of the molecule is COC(=O)c1sccc1S(=O)(=O)Nc1cc(Cl)c(O)c2ccccc12.